The molecule has 1 aromatic carbocycles. The van der Waals surface area contributed by atoms with Gasteiger partial charge >= 0.3 is 0 Å². The molecule has 20 heavy (non-hydrogen) atoms. The number of amides is 1. The van der Waals surface area contributed by atoms with Gasteiger partial charge in [-0.15, -0.1) is 0 Å². The van der Waals surface area contributed by atoms with E-state index in [0.717, 1.165) is 11.4 Å². The molecule has 1 heterocycles. The quantitative estimate of drug-likeness (QED) is 0.844. The van der Waals surface area contributed by atoms with Crippen molar-refractivity contribution in [3.8, 4) is 5.75 Å². The van der Waals surface area contributed by atoms with E-state index in [0.29, 0.717) is 18.7 Å². The number of imidazole rings is 1. The summed E-state index contributed by atoms with van der Waals surface area (Å²) in [6, 6.07) is 7.65. The van der Waals surface area contributed by atoms with Crippen LogP contribution in [0.4, 0.5) is 0 Å². The third-order valence-corrected chi connectivity index (χ3v) is 2.89. The maximum Gasteiger partial charge on any atom is 0.260 e. The number of nitrogens with zero attached hydrogens (tertiary/aromatic N) is 1. The number of aryl methyl sites for hydroxylation is 1. The van der Waals surface area contributed by atoms with Crippen molar-refractivity contribution in [1.29, 1.82) is 0 Å². The Hall–Kier alpha value is -2.30. The molecule has 5 heteroatoms. The molecule has 0 aliphatic heterocycles. The van der Waals surface area contributed by atoms with Gasteiger partial charge in [-0.05, 0) is 31.5 Å². The van der Waals surface area contributed by atoms with Gasteiger partial charge in [-0.25, -0.2) is 4.98 Å². The molecular formula is C15H19N3O2. The van der Waals surface area contributed by atoms with Crippen molar-refractivity contribution < 1.29 is 9.53 Å². The van der Waals surface area contributed by atoms with E-state index in [-0.39, 0.29) is 5.91 Å². The summed E-state index contributed by atoms with van der Waals surface area (Å²) >= 11 is 0. The monoisotopic (exact) mass is 273 g/mol. The zero-order valence-electron chi connectivity index (χ0n) is 11.7. The number of aromatic nitrogens is 2. The number of H-pyrrole nitrogens is 1. The van der Waals surface area contributed by atoms with Crippen LogP contribution in [0.15, 0.2) is 36.7 Å². The van der Waals surface area contributed by atoms with Crippen LogP contribution >= 0.6 is 0 Å². The fourth-order valence-electron chi connectivity index (χ4n) is 1.83. The minimum absolute atomic E-state index is 0.127. The van der Waals surface area contributed by atoms with E-state index in [1.165, 1.54) is 0 Å². The molecule has 5 nitrogen and oxygen atoms in total. The lowest BCUT2D eigenvalue weighted by atomic mass is 10.2. The predicted molar refractivity (Wildman–Crippen MR) is 76.6 cm³/mol. The Morgan fingerprint density at radius 3 is 3.05 bits per heavy atom. The molecule has 0 radical (unpaired) electrons. The number of rotatable bonds is 6. The molecule has 0 aliphatic carbocycles. The van der Waals surface area contributed by atoms with Crippen LogP contribution < -0.4 is 10.1 Å². The second-order valence-corrected chi connectivity index (χ2v) is 4.65. The number of benzene rings is 1. The summed E-state index contributed by atoms with van der Waals surface area (Å²) in [6.45, 7) is 4.26. The van der Waals surface area contributed by atoms with Crippen LogP contribution in [-0.2, 0) is 11.2 Å². The van der Waals surface area contributed by atoms with Crippen molar-refractivity contribution in [2.75, 3.05) is 6.54 Å². The Balaban J connectivity index is 1.77. The van der Waals surface area contributed by atoms with Gasteiger partial charge in [0, 0.05) is 25.4 Å². The van der Waals surface area contributed by atoms with E-state index >= 15 is 0 Å². The van der Waals surface area contributed by atoms with Crippen molar-refractivity contribution in [3.05, 3.63) is 48.0 Å². The zero-order chi connectivity index (χ0) is 14.4. The number of ether oxygens (including phenoxy) is 1. The van der Waals surface area contributed by atoms with Crippen LogP contribution in [0.5, 0.6) is 5.75 Å². The maximum absolute atomic E-state index is 11.9. The second-order valence-electron chi connectivity index (χ2n) is 4.65. The van der Waals surface area contributed by atoms with Crippen molar-refractivity contribution in [1.82, 2.24) is 15.3 Å². The van der Waals surface area contributed by atoms with Gasteiger partial charge in [-0.3, -0.25) is 4.79 Å². The Labute approximate surface area is 118 Å². The minimum Gasteiger partial charge on any atom is -0.481 e. The first kappa shape index (κ1) is 14.1. The summed E-state index contributed by atoms with van der Waals surface area (Å²) in [5, 5.41) is 2.83. The van der Waals surface area contributed by atoms with E-state index in [2.05, 4.69) is 15.3 Å². The number of aromatic amines is 1. The van der Waals surface area contributed by atoms with Crippen LogP contribution in [0.2, 0.25) is 0 Å². The van der Waals surface area contributed by atoms with Gasteiger partial charge in [0.15, 0.2) is 6.10 Å². The summed E-state index contributed by atoms with van der Waals surface area (Å²) in [5.74, 6) is 1.44. The Kier molecular flexibility index (Phi) is 4.76. The fourth-order valence-corrected chi connectivity index (χ4v) is 1.83. The normalized spacial score (nSPS) is 11.9. The Morgan fingerprint density at radius 1 is 1.50 bits per heavy atom. The number of hydrogen-bond donors (Lipinski definition) is 2. The lowest BCUT2D eigenvalue weighted by Crippen LogP contribution is -2.37. The highest BCUT2D eigenvalue weighted by molar-refractivity contribution is 5.80. The van der Waals surface area contributed by atoms with Crippen molar-refractivity contribution in [2.24, 2.45) is 0 Å². The largest absolute Gasteiger partial charge is 0.481 e. The molecule has 0 fully saturated rings. The molecule has 0 saturated heterocycles. The van der Waals surface area contributed by atoms with Gasteiger partial charge < -0.3 is 15.0 Å². The average molecular weight is 273 g/mol. The van der Waals surface area contributed by atoms with E-state index in [9.17, 15) is 4.79 Å². The van der Waals surface area contributed by atoms with E-state index < -0.39 is 6.10 Å². The molecule has 1 unspecified atom stereocenters. The minimum atomic E-state index is -0.520. The van der Waals surface area contributed by atoms with Crippen molar-refractivity contribution in [2.45, 2.75) is 26.4 Å². The third-order valence-electron chi connectivity index (χ3n) is 2.89. The van der Waals surface area contributed by atoms with Gasteiger partial charge in [-0.2, -0.15) is 0 Å². The first-order chi connectivity index (χ1) is 9.65. The van der Waals surface area contributed by atoms with Crippen LogP contribution in [0.1, 0.15) is 18.3 Å². The summed E-state index contributed by atoms with van der Waals surface area (Å²) in [6.07, 6.45) is 3.62. The molecule has 2 rings (SSSR count). The van der Waals surface area contributed by atoms with Gasteiger partial charge in [0.05, 0.1) is 0 Å². The second kappa shape index (κ2) is 6.75. The average Bonchev–Trinajstić information content (AvgIpc) is 2.91. The van der Waals surface area contributed by atoms with Gasteiger partial charge in [-0.1, -0.05) is 12.1 Å². The topological polar surface area (TPSA) is 67.0 Å². The molecule has 0 spiro atoms. The fraction of sp³-hybridized carbons (Fsp3) is 0.333. The molecule has 1 amide bonds. The lowest BCUT2D eigenvalue weighted by molar-refractivity contribution is -0.127. The highest BCUT2D eigenvalue weighted by Gasteiger charge is 2.14. The van der Waals surface area contributed by atoms with Crippen molar-refractivity contribution >= 4 is 5.91 Å². The number of nitrogens with one attached hydrogen (secondary N) is 2. The van der Waals surface area contributed by atoms with E-state index in [1.54, 1.807) is 19.3 Å². The summed E-state index contributed by atoms with van der Waals surface area (Å²) in [5.41, 5.74) is 1.10. The van der Waals surface area contributed by atoms with Crippen LogP contribution in [0.25, 0.3) is 0 Å². The third kappa shape index (κ3) is 4.12. The van der Waals surface area contributed by atoms with E-state index in [4.69, 9.17) is 4.74 Å². The molecule has 0 bridgehead atoms. The van der Waals surface area contributed by atoms with Crippen LogP contribution in [-0.4, -0.2) is 28.5 Å². The summed E-state index contributed by atoms with van der Waals surface area (Å²) < 4.78 is 5.61. The molecule has 1 aromatic heterocycles. The number of carbonyl (C=O) groups excluding carboxylic acids is 1. The van der Waals surface area contributed by atoms with Gasteiger partial charge in [0.2, 0.25) is 0 Å². The first-order valence-corrected chi connectivity index (χ1v) is 6.64. The standard InChI is InChI=1S/C15H19N3O2/c1-11-4-3-5-13(10-11)20-12(2)15(19)18-7-6-14-16-8-9-17-14/h3-5,8-10,12H,6-7H2,1-2H3,(H,16,17)(H,18,19). The highest BCUT2D eigenvalue weighted by Crippen LogP contribution is 2.14. The molecular weight excluding hydrogens is 254 g/mol. The molecule has 0 aliphatic rings. The molecule has 2 aromatic rings. The number of carbonyl (C=O) groups is 1. The van der Waals surface area contributed by atoms with Crippen LogP contribution in [0.3, 0.4) is 0 Å². The molecule has 106 valence electrons. The van der Waals surface area contributed by atoms with Gasteiger partial charge in [0.25, 0.3) is 5.91 Å². The smallest absolute Gasteiger partial charge is 0.260 e. The zero-order valence-corrected chi connectivity index (χ0v) is 11.7. The molecule has 1 atom stereocenters. The maximum atomic E-state index is 11.9. The summed E-state index contributed by atoms with van der Waals surface area (Å²) in [4.78, 5) is 19.0. The Morgan fingerprint density at radius 2 is 2.35 bits per heavy atom. The summed E-state index contributed by atoms with van der Waals surface area (Å²) in [7, 11) is 0. The van der Waals surface area contributed by atoms with Crippen LogP contribution in [0, 0.1) is 6.92 Å². The Bertz CT molecular complexity index is 552. The molecule has 2 N–H and O–H groups in total. The molecule has 0 saturated carbocycles. The number of hydrogen-bond acceptors (Lipinski definition) is 3. The predicted octanol–water partition coefficient (Wildman–Crippen LogP) is 1.84. The SMILES string of the molecule is Cc1cccc(OC(C)C(=O)NCCc2ncc[nH]2)c1. The highest BCUT2D eigenvalue weighted by atomic mass is 16.5. The van der Waals surface area contributed by atoms with Crippen molar-refractivity contribution in [3.63, 3.8) is 0 Å². The first-order valence-electron chi connectivity index (χ1n) is 6.64. The lowest BCUT2D eigenvalue weighted by Gasteiger charge is -2.14. The van der Waals surface area contributed by atoms with E-state index in [1.807, 2.05) is 31.2 Å². The van der Waals surface area contributed by atoms with Gasteiger partial charge in [0.1, 0.15) is 11.6 Å².